The zero-order valence-corrected chi connectivity index (χ0v) is 8.40. The van der Waals surface area contributed by atoms with E-state index in [4.69, 9.17) is 4.42 Å². The summed E-state index contributed by atoms with van der Waals surface area (Å²) in [7, 11) is 1.97. The summed E-state index contributed by atoms with van der Waals surface area (Å²) < 4.78 is 4.98. The highest BCUT2D eigenvalue weighted by atomic mass is 16.3. The number of hydrogen-bond acceptors (Lipinski definition) is 3. The minimum absolute atomic E-state index is 0.416. The average molecular weight is 180 g/mol. The molecule has 0 bridgehead atoms. The second-order valence-electron chi connectivity index (χ2n) is 2.77. The molecule has 0 N–H and O–H groups in total. The van der Waals surface area contributed by atoms with Crippen LogP contribution in [0.3, 0.4) is 0 Å². The second kappa shape index (κ2) is 4.70. The van der Waals surface area contributed by atoms with E-state index >= 15 is 0 Å². The van der Waals surface area contributed by atoms with E-state index in [9.17, 15) is 0 Å². The Morgan fingerprint density at radius 2 is 2.31 bits per heavy atom. The van der Waals surface area contributed by atoms with Crippen molar-refractivity contribution in [3.8, 4) is 0 Å². The predicted molar refractivity (Wildman–Crippen MR) is 53.9 cm³/mol. The lowest BCUT2D eigenvalue weighted by molar-refractivity contribution is 0.381. The maximum Gasteiger partial charge on any atom is 0.0941 e. The molecule has 13 heavy (non-hydrogen) atoms. The third-order valence-corrected chi connectivity index (χ3v) is 1.88. The number of likely N-dealkylation sites (N-methyl/N-ethyl adjacent to an activating group) is 1. The summed E-state index contributed by atoms with van der Waals surface area (Å²) in [6, 6.07) is 1.98. The number of nitrogens with zero attached hydrogens (tertiary/aromatic N) is 2. The summed E-state index contributed by atoms with van der Waals surface area (Å²) in [5.41, 5.74) is 1.21. The van der Waals surface area contributed by atoms with Gasteiger partial charge in [-0.2, -0.15) is 5.10 Å². The first-order chi connectivity index (χ1) is 6.36. The van der Waals surface area contributed by atoms with Crippen LogP contribution in [0.5, 0.6) is 0 Å². The van der Waals surface area contributed by atoms with Crippen LogP contribution in [0.4, 0.5) is 0 Å². The van der Waals surface area contributed by atoms with E-state index in [-0.39, 0.29) is 0 Å². The van der Waals surface area contributed by atoms with Gasteiger partial charge in [0, 0.05) is 31.3 Å². The van der Waals surface area contributed by atoms with Crippen LogP contribution in [0.1, 0.15) is 25.3 Å². The van der Waals surface area contributed by atoms with Crippen molar-refractivity contribution in [2.24, 2.45) is 5.10 Å². The van der Waals surface area contributed by atoms with E-state index in [0.717, 1.165) is 6.54 Å². The molecule has 2 rings (SSSR count). The topological polar surface area (TPSA) is 28.7 Å². The Kier molecular flexibility index (Phi) is 3.55. The largest absolute Gasteiger partial charge is 0.472 e. The third kappa shape index (κ3) is 2.34. The molecule has 1 aliphatic rings. The molecule has 0 saturated heterocycles. The lowest BCUT2D eigenvalue weighted by Gasteiger charge is -2.07. The van der Waals surface area contributed by atoms with Crippen LogP contribution in [0.15, 0.2) is 28.1 Å². The molecular weight excluding hydrogens is 164 g/mol. The van der Waals surface area contributed by atoms with E-state index in [1.54, 1.807) is 12.5 Å². The molecular formula is C10H16N2O. The van der Waals surface area contributed by atoms with Gasteiger partial charge in [-0.25, -0.2) is 0 Å². The number of hydrogen-bond donors (Lipinski definition) is 0. The van der Waals surface area contributed by atoms with Gasteiger partial charge in [-0.15, -0.1) is 0 Å². The Balaban J connectivity index is 0.000000396. The van der Waals surface area contributed by atoms with Crippen LogP contribution in [-0.4, -0.2) is 24.8 Å². The van der Waals surface area contributed by atoms with Gasteiger partial charge in [0.15, 0.2) is 0 Å². The van der Waals surface area contributed by atoms with Crippen LogP contribution in [0.25, 0.3) is 0 Å². The van der Waals surface area contributed by atoms with Gasteiger partial charge in [-0.1, -0.05) is 13.8 Å². The van der Waals surface area contributed by atoms with E-state index in [1.165, 1.54) is 5.56 Å². The van der Waals surface area contributed by atoms with Gasteiger partial charge < -0.3 is 4.42 Å². The molecule has 1 aromatic heterocycles. The van der Waals surface area contributed by atoms with Crippen LogP contribution in [0.2, 0.25) is 0 Å². The third-order valence-electron chi connectivity index (χ3n) is 1.88. The van der Waals surface area contributed by atoms with Crippen LogP contribution in [-0.2, 0) is 0 Å². The average Bonchev–Trinajstić information content (AvgIpc) is 2.77. The van der Waals surface area contributed by atoms with Gasteiger partial charge >= 0.3 is 0 Å². The Bertz CT molecular complexity index is 254. The van der Waals surface area contributed by atoms with Crippen molar-refractivity contribution in [1.82, 2.24) is 5.01 Å². The maximum atomic E-state index is 4.98. The fraction of sp³-hybridized carbons (Fsp3) is 0.500. The molecule has 1 aromatic rings. The lowest BCUT2D eigenvalue weighted by atomic mass is 10.1. The quantitative estimate of drug-likeness (QED) is 0.663. The Morgan fingerprint density at radius 1 is 1.54 bits per heavy atom. The lowest BCUT2D eigenvalue weighted by Crippen LogP contribution is -2.11. The Hall–Kier alpha value is -1.25. The molecule has 1 unspecified atom stereocenters. The molecule has 1 aliphatic heterocycles. The summed E-state index contributed by atoms with van der Waals surface area (Å²) >= 11 is 0. The van der Waals surface area contributed by atoms with Crippen molar-refractivity contribution in [1.29, 1.82) is 0 Å². The minimum Gasteiger partial charge on any atom is -0.472 e. The van der Waals surface area contributed by atoms with Gasteiger partial charge in [-0.3, -0.25) is 5.01 Å². The predicted octanol–water partition coefficient (Wildman–Crippen LogP) is 2.32. The molecule has 0 spiro atoms. The highest BCUT2D eigenvalue weighted by molar-refractivity contribution is 5.69. The fourth-order valence-electron chi connectivity index (χ4n) is 1.25. The minimum atomic E-state index is 0.416. The molecule has 0 aliphatic carbocycles. The molecule has 3 heteroatoms. The van der Waals surface area contributed by atoms with Crippen molar-refractivity contribution in [3.05, 3.63) is 24.2 Å². The smallest absolute Gasteiger partial charge is 0.0941 e. The van der Waals surface area contributed by atoms with Crippen LogP contribution in [0, 0.1) is 0 Å². The van der Waals surface area contributed by atoms with E-state index in [0.29, 0.717) is 5.92 Å². The molecule has 3 nitrogen and oxygen atoms in total. The van der Waals surface area contributed by atoms with Gasteiger partial charge in [0.25, 0.3) is 0 Å². The molecule has 0 amide bonds. The van der Waals surface area contributed by atoms with Crippen molar-refractivity contribution < 1.29 is 4.42 Å². The summed E-state index contributed by atoms with van der Waals surface area (Å²) in [5.74, 6) is 0.416. The van der Waals surface area contributed by atoms with Crippen molar-refractivity contribution >= 4 is 6.21 Å². The fourth-order valence-corrected chi connectivity index (χ4v) is 1.25. The first-order valence-electron chi connectivity index (χ1n) is 4.63. The van der Waals surface area contributed by atoms with Gasteiger partial charge in [0.1, 0.15) is 0 Å². The van der Waals surface area contributed by atoms with E-state index in [2.05, 4.69) is 5.10 Å². The van der Waals surface area contributed by atoms with Gasteiger partial charge in [0.05, 0.1) is 12.5 Å². The maximum absolute atomic E-state index is 4.98. The summed E-state index contributed by atoms with van der Waals surface area (Å²) in [6.07, 6.45) is 5.42. The standard InChI is InChI=1S/C8H10N2O.C2H6/c1-10-5-8(4-9-10)7-2-3-11-6-7;1-2/h2-4,6,8H,5H2,1H3;1-2H3. The summed E-state index contributed by atoms with van der Waals surface area (Å²) in [5, 5.41) is 6.07. The van der Waals surface area contributed by atoms with E-state index in [1.807, 2.05) is 38.2 Å². The van der Waals surface area contributed by atoms with Crippen LogP contribution < -0.4 is 0 Å². The van der Waals surface area contributed by atoms with Gasteiger partial charge in [0.2, 0.25) is 0 Å². The SMILES string of the molecule is CC.CN1CC(c2ccoc2)C=N1. The van der Waals surface area contributed by atoms with Crippen molar-refractivity contribution in [3.63, 3.8) is 0 Å². The van der Waals surface area contributed by atoms with Crippen molar-refractivity contribution in [2.75, 3.05) is 13.6 Å². The number of hydrazone groups is 1. The summed E-state index contributed by atoms with van der Waals surface area (Å²) in [6.45, 7) is 4.96. The molecule has 0 fully saturated rings. The Morgan fingerprint density at radius 3 is 2.77 bits per heavy atom. The molecule has 0 saturated carbocycles. The second-order valence-corrected chi connectivity index (χ2v) is 2.77. The van der Waals surface area contributed by atoms with E-state index < -0.39 is 0 Å². The number of rotatable bonds is 1. The molecule has 0 radical (unpaired) electrons. The Labute approximate surface area is 79.0 Å². The molecule has 72 valence electrons. The zero-order valence-electron chi connectivity index (χ0n) is 8.40. The van der Waals surface area contributed by atoms with Crippen LogP contribution >= 0.6 is 0 Å². The first-order valence-corrected chi connectivity index (χ1v) is 4.63. The summed E-state index contributed by atoms with van der Waals surface area (Å²) in [4.78, 5) is 0. The van der Waals surface area contributed by atoms with Crippen molar-refractivity contribution in [2.45, 2.75) is 19.8 Å². The number of furan rings is 1. The highest BCUT2D eigenvalue weighted by Gasteiger charge is 2.16. The molecule has 2 heterocycles. The molecule has 0 aromatic carbocycles. The highest BCUT2D eigenvalue weighted by Crippen LogP contribution is 2.19. The first kappa shape index (κ1) is 9.84. The zero-order chi connectivity index (χ0) is 9.68. The molecule has 1 atom stereocenters. The normalized spacial score (nSPS) is 19.9. The van der Waals surface area contributed by atoms with Gasteiger partial charge in [-0.05, 0) is 6.07 Å². The monoisotopic (exact) mass is 180 g/mol.